The van der Waals surface area contributed by atoms with E-state index in [1.165, 1.54) is 0 Å². The van der Waals surface area contributed by atoms with Gasteiger partial charge in [0.25, 0.3) is 0 Å². The Bertz CT molecular complexity index is 929. The van der Waals surface area contributed by atoms with Gasteiger partial charge in [0.1, 0.15) is 12.2 Å². The third-order valence-electron chi connectivity index (χ3n) is 6.38. The lowest BCUT2D eigenvalue weighted by Gasteiger charge is -2.39. The molecule has 2 aliphatic rings. The fourth-order valence-corrected chi connectivity index (χ4v) is 4.40. The largest absolute Gasteiger partial charge is 0.486 e. The minimum Gasteiger partial charge on any atom is -0.486 e. The summed E-state index contributed by atoms with van der Waals surface area (Å²) >= 11 is 0. The Kier molecular flexibility index (Phi) is 7.91. The molecular weight excluding hydrogens is 453 g/mol. The molecule has 194 valence electrons. The molecule has 0 aliphatic carbocycles. The third kappa shape index (κ3) is 6.82. The molecule has 1 spiro atoms. The summed E-state index contributed by atoms with van der Waals surface area (Å²) in [6, 6.07) is 0. The van der Waals surface area contributed by atoms with Gasteiger partial charge in [-0.1, -0.05) is 0 Å². The molecule has 0 atom stereocenters. The summed E-state index contributed by atoms with van der Waals surface area (Å²) in [7, 11) is 0. The Morgan fingerprint density at radius 2 is 1.71 bits per heavy atom. The monoisotopic (exact) mass is 491 g/mol. The molecule has 2 fully saturated rings. The molecule has 2 amide bonds. The number of halogens is 1. The van der Waals surface area contributed by atoms with E-state index in [2.05, 4.69) is 41.0 Å². The van der Waals surface area contributed by atoms with E-state index in [0.29, 0.717) is 18.0 Å². The highest BCUT2D eigenvalue weighted by molar-refractivity contribution is 5.85. The molecule has 9 nitrogen and oxygen atoms in total. The molecule has 1 aromatic rings. The maximum absolute atomic E-state index is 13.2. The summed E-state index contributed by atoms with van der Waals surface area (Å²) < 4.78 is 23.9. The number of ether oxygens (including phenoxy) is 2. The van der Waals surface area contributed by atoms with Crippen LogP contribution >= 0.6 is 0 Å². The van der Waals surface area contributed by atoms with Crippen molar-refractivity contribution in [2.45, 2.75) is 71.9 Å². The van der Waals surface area contributed by atoms with Crippen molar-refractivity contribution in [3.8, 4) is 5.75 Å². The number of nitrogens with one attached hydrogen (secondary N) is 1. The maximum atomic E-state index is 13.2. The summed E-state index contributed by atoms with van der Waals surface area (Å²) in [6.45, 7) is 13.7. The second kappa shape index (κ2) is 10.4. The molecule has 1 aromatic heterocycles. The first-order chi connectivity index (χ1) is 16.3. The minimum atomic E-state index is -0.631. The zero-order valence-electron chi connectivity index (χ0n) is 21.7. The molecule has 0 aromatic carbocycles. The molecule has 3 heterocycles. The number of anilines is 1. The Morgan fingerprint density at radius 3 is 2.23 bits per heavy atom. The smallest absolute Gasteiger partial charge is 0.407 e. The first-order valence-corrected chi connectivity index (χ1v) is 12.1. The highest BCUT2D eigenvalue weighted by atomic mass is 19.1. The molecular formula is C25H38FN5O4. The molecule has 2 saturated heterocycles. The molecule has 35 heavy (non-hydrogen) atoms. The van der Waals surface area contributed by atoms with Gasteiger partial charge in [-0.25, -0.2) is 19.2 Å². The SMILES string of the molecule is CC(C)(C)OC(=O)NC/C(=C\F)COc1cnc(N2CCC3(CC2)CCN(C(C)(C)C)C3=O)nc1. The Hall–Kier alpha value is -2.91. The van der Waals surface area contributed by atoms with Gasteiger partial charge in [0.15, 0.2) is 5.75 Å². The predicted octanol–water partition coefficient (Wildman–Crippen LogP) is 3.85. The van der Waals surface area contributed by atoms with Gasteiger partial charge >= 0.3 is 6.09 Å². The van der Waals surface area contributed by atoms with E-state index in [1.807, 2.05) is 4.90 Å². The van der Waals surface area contributed by atoms with Crippen LogP contribution in [0.25, 0.3) is 0 Å². The number of likely N-dealkylation sites (tertiary alicyclic amines) is 1. The van der Waals surface area contributed by atoms with Gasteiger partial charge in [0, 0.05) is 37.3 Å². The number of carbonyl (C=O) groups is 2. The standard InChI is InChI=1S/C25H38FN5O4/c1-23(2,3)31-12-9-25(20(31)32)7-10-30(11-8-25)21-27-15-19(16-28-21)34-17-18(13-26)14-29-22(33)35-24(4,5)6/h13,15-16H,7-12,14,17H2,1-6H3,(H,29,33)/b18-13+. The lowest BCUT2D eigenvalue weighted by Crippen LogP contribution is -2.49. The molecule has 0 unspecified atom stereocenters. The lowest BCUT2D eigenvalue weighted by molar-refractivity contribution is -0.140. The van der Waals surface area contributed by atoms with Crippen LogP contribution in [-0.2, 0) is 9.53 Å². The van der Waals surface area contributed by atoms with Crippen molar-refractivity contribution in [1.29, 1.82) is 0 Å². The fourth-order valence-electron chi connectivity index (χ4n) is 4.40. The second-order valence-corrected chi connectivity index (χ2v) is 11.3. The van der Waals surface area contributed by atoms with Crippen LogP contribution in [0, 0.1) is 5.41 Å². The van der Waals surface area contributed by atoms with Crippen molar-refractivity contribution in [2.75, 3.05) is 37.7 Å². The lowest BCUT2D eigenvalue weighted by atomic mass is 9.77. The van der Waals surface area contributed by atoms with Crippen molar-refractivity contribution in [3.05, 3.63) is 24.3 Å². The van der Waals surface area contributed by atoms with Crippen molar-refractivity contribution < 1.29 is 23.5 Å². The van der Waals surface area contributed by atoms with Gasteiger partial charge in [-0.3, -0.25) is 4.79 Å². The first kappa shape index (κ1) is 26.7. The van der Waals surface area contributed by atoms with Crippen LogP contribution in [0.15, 0.2) is 24.3 Å². The highest BCUT2D eigenvalue weighted by Crippen LogP contribution is 2.44. The summed E-state index contributed by atoms with van der Waals surface area (Å²) in [5, 5.41) is 2.50. The van der Waals surface area contributed by atoms with E-state index < -0.39 is 11.7 Å². The van der Waals surface area contributed by atoms with Crippen LogP contribution in [0.3, 0.4) is 0 Å². The van der Waals surface area contributed by atoms with Crippen LogP contribution < -0.4 is 15.0 Å². The fraction of sp³-hybridized carbons (Fsp3) is 0.680. The molecule has 10 heteroatoms. The Balaban J connectivity index is 1.48. The molecule has 0 bridgehead atoms. The number of rotatable bonds is 6. The van der Waals surface area contributed by atoms with E-state index in [4.69, 9.17) is 9.47 Å². The van der Waals surface area contributed by atoms with Gasteiger partial charge in [0.2, 0.25) is 11.9 Å². The van der Waals surface area contributed by atoms with Crippen molar-refractivity contribution in [3.63, 3.8) is 0 Å². The Morgan fingerprint density at radius 1 is 1.11 bits per heavy atom. The summed E-state index contributed by atoms with van der Waals surface area (Å²) in [5.41, 5.74) is -0.811. The number of hydrogen-bond donors (Lipinski definition) is 1. The van der Waals surface area contributed by atoms with E-state index in [0.717, 1.165) is 38.9 Å². The van der Waals surface area contributed by atoms with Gasteiger partial charge in [0.05, 0.1) is 24.1 Å². The minimum absolute atomic E-state index is 0.0365. The van der Waals surface area contributed by atoms with E-state index in [9.17, 15) is 14.0 Å². The van der Waals surface area contributed by atoms with Crippen LogP contribution in [0.2, 0.25) is 0 Å². The van der Waals surface area contributed by atoms with Crippen LogP contribution in [0.1, 0.15) is 60.8 Å². The summed E-state index contributed by atoms with van der Waals surface area (Å²) in [5.74, 6) is 1.25. The number of nitrogens with zero attached hydrogens (tertiary/aromatic N) is 4. The number of carbonyl (C=O) groups excluding carboxylic acids is 2. The summed E-state index contributed by atoms with van der Waals surface area (Å²) in [6.07, 6.45) is 5.35. The van der Waals surface area contributed by atoms with Crippen molar-refractivity contribution in [2.24, 2.45) is 5.41 Å². The topological polar surface area (TPSA) is 96.9 Å². The number of hydrogen-bond acceptors (Lipinski definition) is 7. The highest BCUT2D eigenvalue weighted by Gasteiger charge is 2.50. The van der Waals surface area contributed by atoms with Crippen LogP contribution in [-0.4, -0.2) is 70.8 Å². The number of amides is 2. The molecule has 0 radical (unpaired) electrons. The number of aromatic nitrogens is 2. The van der Waals surface area contributed by atoms with E-state index >= 15 is 0 Å². The predicted molar refractivity (Wildman–Crippen MR) is 131 cm³/mol. The molecule has 3 rings (SSSR count). The molecule has 2 aliphatic heterocycles. The number of piperidine rings is 1. The zero-order chi connectivity index (χ0) is 25.9. The van der Waals surface area contributed by atoms with Crippen molar-refractivity contribution >= 4 is 17.9 Å². The van der Waals surface area contributed by atoms with Gasteiger partial charge < -0.3 is 24.6 Å². The van der Waals surface area contributed by atoms with E-state index in [-0.39, 0.29) is 35.6 Å². The quantitative estimate of drug-likeness (QED) is 0.646. The molecule has 1 N–H and O–H groups in total. The second-order valence-electron chi connectivity index (χ2n) is 11.3. The van der Waals surface area contributed by atoms with Gasteiger partial charge in [-0.2, -0.15) is 0 Å². The van der Waals surface area contributed by atoms with Gasteiger partial charge in [-0.05, 0) is 60.8 Å². The third-order valence-corrected chi connectivity index (χ3v) is 6.38. The first-order valence-electron chi connectivity index (χ1n) is 12.1. The van der Waals surface area contributed by atoms with Crippen LogP contribution in [0.4, 0.5) is 15.1 Å². The zero-order valence-corrected chi connectivity index (χ0v) is 21.7. The summed E-state index contributed by atoms with van der Waals surface area (Å²) in [4.78, 5) is 37.7. The van der Waals surface area contributed by atoms with Crippen molar-refractivity contribution in [1.82, 2.24) is 20.2 Å². The normalized spacial score (nSPS) is 18.7. The molecule has 0 saturated carbocycles. The average molecular weight is 492 g/mol. The Labute approximate surface area is 207 Å². The maximum Gasteiger partial charge on any atom is 0.407 e. The average Bonchev–Trinajstić information content (AvgIpc) is 3.09. The van der Waals surface area contributed by atoms with Gasteiger partial charge in [-0.15, -0.1) is 0 Å². The number of alkyl carbamates (subject to hydrolysis) is 1. The van der Waals surface area contributed by atoms with Crippen LogP contribution in [0.5, 0.6) is 5.75 Å². The van der Waals surface area contributed by atoms with E-state index in [1.54, 1.807) is 33.2 Å².